The lowest BCUT2D eigenvalue weighted by atomic mass is 10.0. The van der Waals surface area contributed by atoms with Gasteiger partial charge in [0.25, 0.3) is 17.5 Å². The minimum Gasteiger partial charge on any atom is -0.337 e. The third-order valence-electron chi connectivity index (χ3n) is 7.83. The molecule has 0 saturated heterocycles. The molecule has 0 radical (unpaired) electrons. The quantitative estimate of drug-likeness (QED) is 0.0699. The zero-order valence-electron chi connectivity index (χ0n) is 27.1. The molecule has 0 aliphatic carbocycles. The minimum atomic E-state index is -0.631. The summed E-state index contributed by atoms with van der Waals surface area (Å²) in [5.74, 6) is -1.46. The molecule has 14 heteroatoms. The number of anilines is 2. The molecule has 1 aliphatic rings. The van der Waals surface area contributed by atoms with Crippen LogP contribution in [0.1, 0.15) is 52.2 Å². The monoisotopic (exact) mass is 708 g/mol. The Morgan fingerprint density at radius 3 is 2.46 bits per heavy atom. The van der Waals surface area contributed by atoms with Gasteiger partial charge in [0.05, 0.1) is 22.3 Å². The van der Waals surface area contributed by atoms with Gasteiger partial charge in [0.1, 0.15) is 16.8 Å². The van der Waals surface area contributed by atoms with Crippen LogP contribution in [0.2, 0.25) is 0 Å². The first-order valence-electron chi connectivity index (χ1n) is 15.6. The summed E-state index contributed by atoms with van der Waals surface area (Å²) in [6, 6.07) is 23.1. The first kappa shape index (κ1) is 35.5. The number of thioether (sulfide) groups is 1. The molecule has 0 fully saturated rings. The zero-order valence-corrected chi connectivity index (χ0v) is 28.7. The highest BCUT2D eigenvalue weighted by Gasteiger charge is 2.28. The summed E-state index contributed by atoms with van der Waals surface area (Å²) >= 11 is 2.62. The summed E-state index contributed by atoms with van der Waals surface area (Å²) in [5, 5.41) is 29.3. The van der Waals surface area contributed by atoms with Crippen molar-refractivity contribution < 1.29 is 24.1 Å². The number of nitriles is 1. The largest absolute Gasteiger partial charge is 0.337 e. The number of amides is 4. The molecule has 3 aromatic carbocycles. The van der Waals surface area contributed by atoms with Crippen LogP contribution in [0.25, 0.3) is 6.08 Å². The molecule has 0 spiro atoms. The van der Waals surface area contributed by atoms with Gasteiger partial charge in [-0.25, -0.2) is 0 Å². The molecule has 0 bridgehead atoms. The number of fused-ring (bicyclic) bond motifs is 1. The number of hydrogen-bond donors (Lipinski definition) is 3. The summed E-state index contributed by atoms with van der Waals surface area (Å²) in [6.45, 7) is 4.32. The van der Waals surface area contributed by atoms with Gasteiger partial charge in [-0.3, -0.25) is 29.3 Å². The van der Waals surface area contributed by atoms with Gasteiger partial charge in [0, 0.05) is 46.6 Å². The van der Waals surface area contributed by atoms with Crippen molar-refractivity contribution in [2.24, 2.45) is 0 Å². The summed E-state index contributed by atoms with van der Waals surface area (Å²) in [4.78, 5) is 65.8. The number of rotatable bonds is 11. The van der Waals surface area contributed by atoms with Crippen molar-refractivity contribution in [1.29, 1.82) is 5.26 Å². The standard InChI is InChI=1S/C36H32N6O6S2/c1-3-31(35(46)40-36-29(20-37)28-16-17-41(22(2)43)21-32(28)50-36)49-27-11-7-10-25(19-27)38-34(45)30(39-33(44)24-8-5-4-6-9-24)18-23-12-14-26(15-13-23)42(47)48/h4-15,18-19,31H,3,16-17,21H2,1-2H3,(H,38,45)(H,39,44)(H,40,46)/b30-18+. The van der Waals surface area contributed by atoms with E-state index in [-0.39, 0.29) is 23.2 Å². The Balaban J connectivity index is 1.31. The molecule has 2 heterocycles. The van der Waals surface area contributed by atoms with E-state index in [4.69, 9.17) is 0 Å². The molecule has 3 N–H and O–H groups in total. The number of benzene rings is 3. The van der Waals surface area contributed by atoms with Crippen molar-refractivity contribution >= 4 is 69.2 Å². The molecular formula is C36H32N6O6S2. The van der Waals surface area contributed by atoms with Crippen LogP contribution in [-0.2, 0) is 27.3 Å². The van der Waals surface area contributed by atoms with Crippen molar-refractivity contribution in [1.82, 2.24) is 10.2 Å². The van der Waals surface area contributed by atoms with Gasteiger partial charge in [0.15, 0.2) is 0 Å². The molecule has 1 unspecified atom stereocenters. The lowest BCUT2D eigenvalue weighted by Crippen LogP contribution is -2.33. The molecule has 4 aromatic rings. The minimum absolute atomic E-state index is 0.0392. The van der Waals surface area contributed by atoms with E-state index in [9.17, 15) is 34.6 Å². The number of nitro benzene ring substituents is 1. The molecule has 254 valence electrons. The van der Waals surface area contributed by atoms with E-state index in [0.717, 1.165) is 10.4 Å². The Kier molecular flexibility index (Phi) is 11.4. The Morgan fingerprint density at radius 2 is 1.80 bits per heavy atom. The lowest BCUT2D eigenvalue weighted by Gasteiger charge is -2.25. The molecule has 4 amide bonds. The van der Waals surface area contributed by atoms with E-state index in [1.807, 2.05) is 13.0 Å². The SMILES string of the molecule is CCC(Sc1cccc(NC(=O)/C(=C\c2ccc([N+](=O)[O-])cc2)NC(=O)c2ccccc2)c1)C(=O)Nc1sc2c(c1C#N)CCN(C(C)=O)C2. The number of non-ortho nitro benzene ring substituents is 1. The zero-order chi connectivity index (χ0) is 35.8. The Hall–Kier alpha value is -5.78. The maximum absolute atomic E-state index is 13.5. The first-order valence-corrected chi connectivity index (χ1v) is 17.3. The topological polar surface area (TPSA) is 175 Å². The van der Waals surface area contributed by atoms with E-state index in [0.29, 0.717) is 58.2 Å². The maximum Gasteiger partial charge on any atom is 0.272 e. The Labute approximate surface area is 296 Å². The number of nitrogens with one attached hydrogen (secondary N) is 3. The third-order valence-corrected chi connectivity index (χ3v) is 10.3. The van der Waals surface area contributed by atoms with Gasteiger partial charge in [-0.05, 0) is 72.5 Å². The predicted molar refractivity (Wildman–Crippen MR) is 192 cm³/mol. The third kappa shape index (κ3) is 8.62. The van der Waals surface area contributed by atoms with Crippen LogP contribution in [0.4, 0.5) is 16.4 Å². The molecule has 1 atom stereocenters. The smallest absolute Gasteiger partial charge is 0.272 e. The average molecular weight is 709 g/mol. The van der Waals surface area contributed by atoms with Crippen molar-refractivity contribution in [3.8, 4) is 6.07 Å². The Morgan fingerprint density at radius 1 is 1.06 bits per heavy atom. The number of carbonyl (C=O) groups excluding carboxylic acids is 4. The van der Waals surface area contributed by atoms with E-state index in [1.54, 1.807) is 53.4 Å². The fourth-order valence-electron chi connectivity index (χ4n) is 5.20. The number of carbonyl (C=O) groups is 4. The second-order valence-corrected chi connectivity index (χ2v) is 13.6. The van der Waals surface area contributed by atoms with Crippen LogP contribution < -0.4 is 16.0 Å². The first-order chi connectivity index (χ1) is 24.1. The highest BCUT2D eigenvalue weighted by atomic mass is 32.2. The van der Waals surface area contributed by atoms with Gasteiger partial charge in [-0.2, -0.15) is 5.26 Å². The van der Waals surface area contributed by atoms with Crippen LogP contribution in [0.15, 0.2) is 89.5 Å². The molecule has 1 aliphatic heterocycles. The van der Waals surface area contributed by atoms with Crippen molar-refractivity contribution in [3.05, 3.63) is 122 Å². The van der Waals surface area contributed by atoms with Crippen LogP contribution in [0, 0.1) is 21.4 Å². The molecule has 0 saturated carbocycles. The number of nitro groups is 1. The summed E-state index contributed by atoms with van der Waals surface area (Å²) < 4.78 is 0. The second-order valence-electron chi connectivity index (χ2n) is 11.2. The fourth-order valence-corrected chi connectivity index (χ4v) is 7.43. The number of thiophene rings is 1. The molecule has 50 heavy (non-hydrogen) atoms. The molecule has 12 nitrogen and oxygen atoms in total. The van der Waals surface area contributed by atoms with E-state index < -0.39 is 22.0 Å². The van der Waals surface area contributed by atoms with Crippen molar-refractivity contribution in [2.75, 3.05) is 17.2 Å². The predicted octanol–water partition coefficient (Wildman–Crippen LogP) is 6.35. The lowest BCUT2D eigenvalue weighted by molar-refractivity contribution is -0.384. The van der Waals surface area contributed by atoms with Gasteiger partial charge in [0.2, 0.25) is 11.8 Å². The van der Waals surface area contributed by atoms with Gasteiger partial charge >= 0.3 is 0 Å². The van der Waals surface area contributed by atoms with E-state index >= 15 is 0 Å². The van der Waals surface area contributed by atoms with Crippen molar-refractivity contribution in [3.63, 3.8) is 0 Å². The number of hydrogen-bond acceptors (Lipinski definition) is 9. The van der Waals surface area contributed by atoms with Crippen molar-refractivity contribution in [2.45, 2.75) is 43.4 Å². The normalized spacial score (nSPS) is 13.0. The molecule has 1 aromatic heterocycles. The van der Waals surface area contributed by atoms with Gasteiger partial charge in [-0.1, -0.05) is 31.2 Å². The van der Waals surface area contributed by atoms with Gasteiger partial charge < -0.3 is 20.9 Å². The molecule has 5 rings (SSSR count). The summed E-state index contributed by atoms with van der Waals surface area (Å²) in [5.41, 5.74) is 2.30. The van der Waals surface area contributed by atoms with Gasteiger partial charge in [-0.15, -0.1) is 23.1 Å². The second kappa shape index (κ2) is 16.1. The highest BCUT2D eigenvalue weighted by Crippen LogP contribution is 2.38. The average Bonchev–Trinajstić information content (AvgIpc) is 3.46. The Bertz CT molecular complexity index is 2020. The fraction of sp³-hybridized carbons (Fsp3) is 0.194. The molecular weight excluding hydrogens is 677 g/mol. The summed E-state index contributed by atoms with van der Waals surface area (Å²) in [6.07, 6.45) is 2.45. The number of nitrogens with zero attached hydrogens (tertiary/aromatic N) is 3. The summed E-state index contributed by atoms with van der Waals surface area (Å²) in [7, 11) is 0. The van der Waals surface area contributed by atoms with Crippen LogP contribution in [-0.4, -0.2) is 45.2 Å². The van der Waals surface area contributed by atoms with Crippen LogP contribution >= 0.6 is 23.1 Å². The van der Waals surface area contributed by atoms with E-state index in [2.05, 4.69) is 22.0 Å². The van der Waals surface area contributed by atoms with Crippen LogP contribution in [0.3, 0.4) is 0 Å². The maximum atomic E-state index is 13.5. The highest BCUT2D eigenvalue weighted by molar-refractivity contribution is 8.00. The van der Waals surface area contributed by atoms with E-state index in [1.165, 1.54) is 60.4 Å². The van der Waals surface area contributed by atoms with Crippen LogP contribution in [0.5, 0.6) is 0 Å².